The summed E-state index contributed by atoms with van der Waals surface area (Å²) in [6.07, 6.45) is 1.73. The standard InChI is InChI=1S/C5H10N2O2/c6-2-1-3-7-5(9)4-8/h2,6,8H,1,3-4H2,(H,7,9). The predicted octanol–water partition coefficient (Wildman–Crippen LogP) is -0.865. The molecule has 0 aromatic rings. The molecule has 0 heterocycles. The molecule has 0 atom stereocenters. The lowest BCUT2D eigenvalue weighted by atomic mass is 10.4. The number of nitrogens with one attached hydrogen (secondary N) is 2. The zero-order chi connectivity index (χ0) is 7.11. The molecule has 0 aliphatic heterocycles. The second-order valence-electron chi connectivity index (χ2n) is 1.50. The van der Waals surface area contributed by atoms with Crippen LogP contribution in [0.4, 0.5) is 0 Å². The summed E-state index contributed by atoms with van der Waals surface area (Å²) in [5, 5.41) is 17.1. The number of carbonyl (C=O) groups excluding carboxylic acids is 1. The molecule has 0 spiro atoms. The molecule has 0 rings (SSSR count). The van der Waals surface area contributed by atoms with E-state index in [2.05, 4.69) is 5.32 Å². The molecule has 0 aliphatic carbocycles. The van der Waals surface area contributed by atoms with Crippen LogP contribution in [0.1, 0.15) is 6.42 Å². The molecule has 0 aromatic carbocycles. The highest BCUT2D eigenvalue weighted by molar-refractivity contribution is 5.77. The molecule has 52 valence electrons. The first kappa shape index (κ1) is 8.10. The van der Waals surface area contributed by atoms with Gasteiger partial charge in [-0.25, -0.2) is 0 Å². The topological polar surface area (TPSA) is 73.2 Å². The average Bonchev–Trinajstić information content (AvgIpc) is 1.89. The fourth-order valence-corrected chi connectivity index (χ4v) is 0.340. The van der Waals surface area contributed by atoms with Gasteiger partial charge >= 0.3 is 0 Å². The number of hydrogen-bond acceptors (Lipinski definition) is 3. The van der Waals surface area contributed by atoms with Gasteiger partial charge in [-0.2, -0.15) is 0 Å². The Kier molecular flexibility index (Phi) is 4.72. The maximum Gasteiger partial charge on any atom is 0.245 e. The minimum absolute atomic E-state index is 0.392. The number of amides is 1. The Morgan fingerprint density at radius 2 is 2.44 bits per heavy atom. The minimum atomic E-state index is -0.474. The molecule has 0 radical (unpaired) electrons. The molecule has 4 nitrogen and oxygen atoms in total. The summed E-state index contributed by atoms with van der Waals surface area (Å²) in [5.74, 6) is -0.392. The third-order valence-corrected chi connectivity index (χ3v) is 0.754. The van der Waals surface area contributed by atoms with E-state index < -0.39 is 12.5 Å². The summed E-state index contributed by atoms with van der Waals surface area (Å²) in [6.45, 7) is -0.0408. The zero-order valence-corrected chi connectivity index (χ0v) is 5.05. The van der Waals surface area contributed by atoms with E-state index in [-0.39, 0.29) is 0 Å². The van der Waals surface area contributed by atoms with Gasteiger partial charge in [-0.3, -0.25) is 4.79 Å². The Labute approximate surface area is 53.4 Å². The molecular weight excluding hydrogens is 120 g/mol. The number of aliphatic hydroxyl groups is 1. The first-order valence-electron chi connectivity index (χ1n) is 2.67. The summed E-state index contributed by atoms with van der Waals surface area (Å²) in [4.78, 5) is 10.3. The van der Waals surface area contributed by atoms with Crippen molar-refractivity contribution in [2.75, 3.05) is 13.2 Å². The summed E-state index contributed by atoms with van der Waals surface area (Å²) in [6, 6.07) is 0. The highest BCUT2D eigenvalue weighted by Crippen LogP contribution is 1.67. The second-order valence-corrected chi connectivity index (χ2v) is 1.50. The van der Waals surface area contributed by atoms with Crippen molar-refractivity contribution in [3.05, 3.63) is 0 Å². The van der Waals surface area contributed by atoms with Gasteiger partial charge in [-0.15, -0.1) is 0 Å². The Bertz CT molecular complexity index is 103. The molecule has 3 N–H and O–H groups in total. The smallest absolute Gasteiger partial charge is 0.245 e. The molecule has 0 fully saturated rings. The Hall–Kier alpha value is -0.900. The maximum atomic E-state index is 10.3. The minimum Gasteiger partial charge on any atom is -0.387 e. The van der Waals surface area contributed by atoms with Gasteiger partial charge in [0, 0.05) is 6.54 Å². The van der Waals surface area contributed by atoms with Crippen LogP contribution in [0.25, 0.3) is 0 Å². The number of hydrogen-bond donors (Lipinski definition) is 3. The third-order valence-electron chi connectivity index (χ3n) is 0.754. The van der Waals surface area contributed by atoms with E-state index in [1.807, 2.05) is 0 Å². The predicted molar refractivity (Wildman–Crippen MR) is 33.5 cm³/mol. The van der Waals surface area contributed by atoms with Gasteiger partial charge in [0.15, 0.2) is 0 Å². The molecule has 0 aliphatic rings. The van der Waals surface area contributed by atoms with Crippen LogP contribution < -0.4 is 5.32 Å². The van der Waals surface area contributed by atoms with Gasteiger partial charge in [0.1, 0.15) is 6.61 Å². The fourth-order valence-electron chi connectivity index (χ4n) is 0.340. The SMILES string of the molecule is N=CCCNC(=O)CO. The third kappa shape index (κ3) is 4.96. The van der Waals surface area contributed by atoms with Gasteiger partial charge in [0.25, 0.3) is 0 Å². The van der Waals surface area contributed by atoms with Crippen LogP contribution in [-0.2, 0) is 4.79 Å². The van der Waals surface area contributed by atoms with Gasteiger partial charge < -0.3 is 15.8 Å². The molecule has 9 heavy (non-hydrogen) atoms. The summed E-state index contributed by atoms with van der Waals surface area (Å²) in [7, 11) is 0. The Balaban J connectivity index is 3.06. The maximum absolute atomic E-state index is 10.3. The first-order valence-corrected chi connectivity index (χ1v) is 2.67. The normalized spacial score (nSPS) is 8.56. The average molecular weight is 130 g/mol. The van der Waals surface area contributed by atoms with Crippen molar-refractivity contribution in [3.8, 4) is 0 Å². The number of aliphatic hydroxyl groups excluding tert-OH is 1. The van der Waals surface area contributed by atoms with Crippen LogP contribution in [0.5, 0.6) is 0 Å². The highest BCUT2D eigenvalue weighted by atomic mass is 16.3. The molecule has 1 amide bonds. The van der Waals surface area contributed by atoms with Gasteiger partial charge in [0.2, 0.25) is 5.91 Å². The van der Waals surface area contributed by atoms with Gasteiger partial charge in [-0.05, 0) is 12.6 Å². The second kappa shape index (κ2) is 5.24. The molecule has 0 saturated heterocycles. The van der Waals surface area contributed by atoms with E-state index in [0.29, 0.717) is 13.0 Å². The number of carbonyl (C=O) groups is 1. The van der Waals surface area contributed by atoms with Crippen LogP contribution >= 0.6 is 0 Å². The van der Waals surface area contributed by atoms with Crippen LogP contribution in [-0.4, -0.2) is 30.4 Å². The van der Waals surface area contributed by atoms with Gasteiger partial charge in [0.05, 0.1) is 0 Å². The van der Waals surface area contributed by atoms with E-state index in [0.717, 1.165) is 0 Å². The fraction of sp³-hybridized carbons (Fsp3) is 0.600. The van der Waals surface area contributed by atoms with E-state index >= 15 is 0 Å². The lowest BCUT2D eigenvalue weighted by Gasteiger charge is -1.96. The molecule has 4 heteroatoms. The van der Waals surface area contributed by atoms with Crippen molar-refractivity contribution in [1.29, 1.82) is 5.41 Å². The monoisotopic (exact) mass is 130 g/mol. The molecule has 0 bridgehead atoms. The summed E-state index contributed by atoms with van der Waals surface area (Å²) in [5.41, 5.74) is 0. The van der Waals surface area contributed by atoms with E-state index in [1.165, 1.54) is 6.21 Å². The summed E-state index contributed by atoms with van der Waals surface area (Å²) < 4.78 is 0. The van der Waals surface area contributed by atoms with E-state index in [4.69, 9.17) is 10.5 Å². The molecule has 0 aromatic heterocycles. The van der Waals surface area contributed by atoms with Crippen molar-refractivity contribution in [2.24, 2.45) is 0 Å². The van der Waals surface area contributed by atoms with Crippen LogP contribution in [0.15, 0.2) is 0 Å². The molecule has 0 saturated carbocycles. The molecular formula is C5H10N2O2. The van der Waals surface area contributed by atoms with Crippen molar-refractivity contribution >= 4 is 12.1 Å². The quantitative estimate of drug-likeness (QED) is 0.342. The van der Waals surface area contributed by atoms with Crippen molar-refractivity contribution in [3.63, 3.8) is 0 Å². The largest absolute Gasteiger partial charge is 0.387 e. The highest BCUT2D eigenvalue weighted by Gasteiger charge is 1.92. The van der Waals surface area contributed by atoms with Crippen LogP contribution in [0.2, 0.25) is 0 Å². The Morgan fingerprint density at radius 3 is 2.89 bits per heavy atom. The Morgan fingerprint density at radius 1 is 1.78 bits per heavy atom. The molecule has 0 unspecified atom stereocenters. The lowest BCUT2D eigenvalue weighted by molar-refractivity contribution is -0.123. The zero-order valence-electron chi connectivity index (χ0n) is 5.05. The first-order chi connectivity index (χ1) is 4.31. The number of rotatable bonds is 4. The van der Waals surface area contributed by atoms with Crippen LogP contribution in [0, 0.1) is 5.41 Å². The lowest BCUT2D eigenvalue weighted by Crippen LogP contribution is -2.27. The van der Waals surface area contributed by atoms with E-state index in [1.54, 1.807) is 0 Å². The van der Waals surface area contributed by atoms with Gasteiger partial charge in [-0.1, -0.05) is 0 Å². The van der Waals surface area contributed by atoms with Crippen molar-refractivity contribution in [1.82, 2.24) is 5.32 Å². The summed E-state index contributed by atoms with van der Waals surface area (Å²) >= 11 is 0. The van der Waals surface area contributed by atoms with Crippen molar-refractivity contribution < 1.29 is 9.90 Å². The van der Waals surface area contributed by atoms with E-state index in [9.17, 15) is 4.79 Å². The van der Waals surface area contributed by atoms with Crippen molar-refractivity contribution in [2.45, 2.75) is 6.42 Å². The van der Waals surface area contributed by atoms with Crippen LogP contribution in [0.3, 0.4) is 0 Å².